The van der Waals surface area contributed by atoms with Gasteiger partial charge in [0, 0.05) is 16.5 Å². The van der Waals surface area contributed by atoms with Crippen LogP contribution >= 0.6 is 0 Å². The van der Waals surface area contributed by atoms with Crippen molar-refractivity contribution in [2.24, 2.45) is 0 Å². The van der Waals surface area contributed by atoms with Gasteiger partial charge in [0.25, 0.3) is 11.4 Å². The first-order valence-corrected chi connectivity index (χ1v) is 9.96. The highest BCUT2D eigenvalue weighted by Gasteiger charge is 2.16. The number of aromatic nitrogens is 4. The molecule has 0 unspecified atom stereocenters. The van der Waals surface area contributed by atoms with E-state index in [0.29, 0.717) is 33.3 Å². The summed E-state index contributed by atoms with van der Waals surface area (Å²) < 4.78 is 39.0. The van der Waals surface area contributed by atoms with Crippen LogP contribution < -0.4 is 10.3 Å². The maximum absolute atomic E-state index is 13.9. The van der Waals surface area contributed by atoms with Crippen molar-refractivity contribution in [3.63, 3.8) is 0 Å². The van der Waals surface area contributed by atoms with E-state index in [9.17, 15) is 13.6 Å². The summed E-state index contributed by atoms with van der Waals surface area (Å²) in [7, 11) is 1.57. The molecule has 2 aromatic heterocycles. The number of hydrogen-bond donors (Lipinski definition) is 0. The van der Waals surface area contributed by atoms with Crippen LogP contribution in [0.25, 0.3) is 33.5 Å². The number of hydrogen-bond acceptors (Lipinski definition) is 6. The van der Waals surface area contributed by atoms with Crippen molar-refractivity contribution < 1.29 is 18.0 Å². The van der Waals surface area contributed by atoms with Crippen molar-refractivity contribution in [3.8, 4) is 28.5 Å². The van der Waals surface area contributed by atoms with Gasteiger partial charge in [-0.3, -0.25) is 4.79 Å². The zero-order valence-electron chi connectivity index (χ0n) is 17.3. The molecule has 0 radical (unpaired) electrons. The van der Waals surface area contributed by atoms with Crippen LogP contribution in [0.3, 0.4) is 0 Å². The van der Waals surface area contributed by atoms with Crippen LogP contribution in [0.4, 0.5) is 8.78 Å². The summed E-state index contributed by atoms with van der Waals surface area (Å²) >= 11 is 0. The third-order valence-corrected chi connectivity index (χ3v) is 5.16. The third-order valence-electron chi connectivity index (χ3n) is 5.16. The van der Waals surface area contributed by atoms with Gasteiger partial charge in [-0.15, -0.1) is 0 Å². The number of methoxy groups -OCH3 is 1. The second kappa shape index (κ2) is 8.27. The fourth-order valence-corrected chi connectivity index (χ4v) is 3.50. The first kappa shape index (κ1) is 20.5. The zero-order chi connectivity index (χ0) is 22.9. The predicted molar refractivity (Wildman–Crippen MR) is 117 cm³/mol. The number of ether oxygens (including phenoxy) is 1. The molecule has 0 aliphatic carbocycles. The number of rotatable bonds is 5. The highest BCUT2D eigenvalue weighted by molar-refractivity contribution is 5.93. The summed E-state index contributed by atoms with van der Waals surface area (Å²) in [6, 6.07) is 17.4. The number of benzene rings is 3. The molecule has 33 heavy (non-hydrogen) atoms. The first-order valence-electron chi connectivity index (χ1n) is 9.96. The molecule has 5 aromatic rings. The van der Waals surface area contributed by atoms with Gasteiger partial charge in [-0.1, -0.05) is 23.4 Å². The largest absolute Gasteiger partial charge is 0.497 e. The van der Waals surface area contributed by atoms with Gasteiger partial charge < -0.3 is 9.26 Å². The lowest BCUT2D eigenvalue weighted by molar-refractivity contribution is 0.413. The normalized spacial score (nSPS) is 11.1. The molecular weight excluding hydrogens is 430 g/mol. The van der Waals surface area contributed by atoms with E-state index in [1.165, 1.54) is 10.7 Å². The molecule has 0 atom stereocenters. The highest BCUT2D eigenvalue weighted by atomic mass is 19.2. The second-order valence-corrected chi connectivity index (χ2v) is 7.23. The Morgan fingerprint density at radius 2 is 1.67 bits per heavy atom. The average molecular weight is 446 g/mol. The quantitative estimate of drug-likeness (QED) is 0.397. The summed E-state index contributed by atoms with van der Waals surface area (Å²) in [5.74, 6) is -0.757. The molecule has 0 amide bonds. The van der Waals surface area contributed by atoms with Gasteiger partial charge in [-0.05, 0) is 48.5 Å². The molecule has 3 aromatic carbocycles. The van der Waals surface area contributed by atoms with Crippen molar-refractivity contribution in [2.45, 2.75) is 6.54 Å². The van der Waals surface area contributed by atoms with Crippen LogP contribution in [0, 0.1) is 11.6 Å². The Bertz CT molecular complexity index is 1530. The lowest BCUT2D eigenvalue weighted by Gasteiger charge is -2.10. The molecular formula is C24H16F2N4O3. The molecule has 0 aliphatic rings. The third kappa shape index (κ3) is 3.84. The average Bonchev–Trinajstić information content (AvgIpc) is 3.31. The van der Waals surface area contributed by atoms with Gasteiger partial charge in [0.2, 0.25) is 0 Å². The Morgan fingerprint density at radius 1 is 0.939 bits per heavy atom. The van der Waals surface area contributed by atoms with Crippen molar-refractivity contribution in [2.75, 3.05) is 7.11 Å². The van der Waals surface area contributed by atoms with E-state index in [0.717, 1.165) is 12.1 Å². The van der Waals surface area contributed by atoms with Crippen LogP contribution in [-0.2, 0) is 6.54 Å². The molecule has 0 aliphatic heterocycles. The molecule has 9 heteroatoms. The van der Waals surface area contributed by atoms with Crippen LogP contribution in [0.1, 0.15) is 5.82 Å². The molecule has 5 rings (SSSR count). The van der Waals surface area contributed by atoms with Crippen LogP contribution in [0.15, 0.2) is 76.0 Å². The molecule has 0 fully saturated rings. The first-order chi connectivity index (χ1) is 16.0. The standard InChI is InChI=1S/C24H16F2N4O3/c1-32-16-9-6-14(7-10-16)23-27-21(29-33-23)13-30-24(31)18-5-3-2-4-17(18)22(28-30)15-8-11-19(25)20(26)12-15/h2-12H,13H2,1H3. The maximum Gasteiger partial charge on any atom is 0.275 e. The monoisotopic (exact) mass is 446 g/mol. The summed E-state index contributed by atoms with van der Waals surface area (Å²) in [6.07, 6.45) is 0. The molecule has 164 valence electrons. The fourth-order valence-electron chi connectivity index (χ4n) is 3.50. The minimum atomic E-state index is -1.00. The van der Waals surface area contributed by atoms with Crippen molar-refractivity contribution >= 4 is 10.8 Å². The van der Waals surface area contributed by atoms with E-state index in [2.05, 4.69) is 15.2 Å². The van der Waals surface area contributed by atoms with E-state index < -0.39 is 11.6 Å². The molecule has 0 spiro atoms. The summed E-state index contributed by atoms with van der Waals surface area (Å²) in [5, 5.41) is 9.28. The van der Waals surface area contributed by atoms with E-state index in [4.69, 9.17) is 9.26 Å². The van der Waals surface area contributed by atoms with Crippen LogP contribution in [0.5, 0.6) is 5.75 Å². The van der Waals surface area contributed by atoms with E-state index in [1.54, 1.807) is 55.6 Å². The molecule has 0 saturated heterocycles. The minimum absolute atomic E-state index is 0.0694. The summed E-state index contributed by atoms with van der Waals surface area (Å²) in [6.45, 7) is -0.0694. The Hall–Kier alpha value is -4.40. The summed E-state index contributed by atoms with van der Waals surface area (Å²) in [5.41, 5.74) is 0.998. The molecule has 0 N–H and O–H groups in total. The van der Waals surface area contributed by atoms with Crippen molar-refractivity contribution in [1.82, 2.24) is 19.9 Å². The van der Waals surface area contributed by atoms with Gasteiger partial charge >= 0.3 is 0 Å². The molecule has 0 bridgehead atoms. The van der Waals surface area contributed by atoms with E-state index in [1.807, 2.05) is 0 Å². The Balaban J connectivity index is 1.56. The SMILES string of the molecule is COc1ccc(-c2nc(Cn3nc(-c4ccc(F)c(F)c4)c4ccccc4c3=O)no2)cc1. The number of nitrogens with zero attached hydrogens (tertiary/aromatic N) is 4. The van der Waals surface area contributed by atoms with Gasteiger partial charge in [-0.2, -0.15) is 10.1 Å². The smallest absolute Gasteiger partial charge is 0.275 e. The second-order valence-electron chi connectivity index (χ2n) is 7.23. The van der Waals surface area contributed by atoms with E-state index in [-0.39, 0.29) is 23.8 Å². The highest BCUT2D eigenvalue weighted by Crippen LogP contribution is 2.26. The fraction of sp³-hybridized carbons (Fsp3) is 0.0833. The van der Waals surface area contributed by atoms with Gasteiger partial charge in [0.1, 0.15) is 12.3 Å². The number of fused-ring (bicyclic) bond motifs is 1. The van der Waals surface area contributed by atoms with Crippen LogP contribution in [0.2, 0.25) is 0 Å². The lowest BCUT2D eigenvalue weighted by atomic mass is 10.0. The Kier molecular flexibility index (Phi) is 5.14. The zero-order valence-corrected chi connectivity index (χ0v) is 17.3. The Labute approximate surface area is 185 Å². The minimum Gasteiger partial charge on any atom is -0.497 e. The molecule has 7 nitrogen and oxygen atoms in total. The number of halogens is 2. The maximum atomic E-state index is 13.9. The predicted octanol–water partition coefficient (Wildman–Crippen LogP) is 4.45. The Morgan fingerprint density at radius 3 is 2.39 bits per heavy atom. The molecule has 2 heterocycles. The lowest BCUT2D eigenvalue weighted by Crippen LogP contribution is -2.25. The van der Waals surface area contributed by atoms with E-state index >= 15 is 0 Å². The topological polar surface area (TPSA) is 83.0 Å². The van der Waals surface area contributed by atoms with Gasteiger partial charge in [-0.25, -0.2) is 13.5 Å². The van der Waals surface area contributed by atoms with Crippen molar-refractivity contribution in [1.29, 1.82) is 0 Å². The molecule has 0 saturated carbocycles. The summed E-state index contributed by atoms with van der Waals surface area (Å²) in [4.78, 5) is 17.4. The van der Waals surface area contributed by atoms with Gasteiger partial charge in [0.05, 0.1) is 18.2 Å². The van der Waals surface area contributed by atoms with Crippen LogP contribution in [-0.4, -0.2) is 27.0 Å². The van der Waals surface area contributed by atoms with Gasteiger partial charge in [0.15, 0.2) is 17.5 Å². The van der Waals surface area contributed by atoms with Crippen molar-refractivity contribution in [3.05, 3.63) is 94.5 Å².